The molecule has 0 amide bonds. The largest absolute Gasteiger partial charge is 0.366 e. The van der Waals surface area contributed by atoms with Crippen molar-refractivity contribution in [3.63, 3.8) is 0 Å². The molecule has 4 unspecified atom stereocenters. The van der Waals surface area contributed by atoms with Crippen LogP contribution in [0.25, 0.3) is 5.69 Å². The van der Waals surface area contributed by atoms with E-state index in [0.29, 0.717) is 11.8 Å². The van der Waals surface area contributed by atoms with E-state index in [1.54, 1.807) is 29.6 Å². The van der Waals surface area contributed by atoms with E-state index in [9.17, 15) is 4.79 Å². The summed E-state index contributed by atoms with van der Waals surface area (Å²) < 4.78 is 0. The lowest BCUT2D eigenvalue weighted by molar-refractivity contribution is 0.0570. The van der Waals surface area contributed by atoms with Gasteiger partial charge in [-0.05, 0) is 63.0 Å². The van der Waals surface area contributed by atoms with E-state index in [4.69, 9.17) is 0 Å². The number of anilines is 1. The number of hydrogen-bond acceptors (Lipinski definition) is 6. The Labute approximate surface area is 175 Å². The van der Waals surface area contributed by atoms with Crippen molar-refractivity contribution in [2.45, 2.75) is 45.6 Å². The Bertz CT molecular complexity index is 1050. The Kier molecular flexibility index (Phi) is 4.81. The van der Waals surface area contributed by atoms with Crippen molar-refractivity contribution in [2.24, 2.45) is 17.8 Å². The monoisotopic (exact) mass is 402 g/mol. The van der Waals surface area contributed by atoms with Crippen LogP contribution < -0.4 is 5.32 Å². The van der Waals surface area contributed by atoms with E-state index < -0.39 is 0 Å². The number of benzene rings is 1. The first-order valence-electron chi connectivity index (χ1n) is 10.7. The lowest BCUT2D eigenvalue weighted by atomic mass is 9.60. The quantitative estimate of drug-likeness (QED) is 0.654. The van der Waals surface area contributed by atoms with Crippen LogP contribution in [0, 0.1) is 31.6 Å². The standard InChI is InChI=1S/C23H26N6O/c1-14-4-3-5-18(22(14)29-26-8-9-27-29)23(30)19-10-16-6-7-17(19)20(11-16)28-21-13-24-15(2)12-25-21/h3-5,8-9,12-13,16-17,19-20H,6-7,10-11H2,1-2H3,(H,25,28). The van der Waals surface area contributed by atoms with Crippen LogP contribution in [0.3, 0.4) is 0 Å². The van der Waals surface area contributed by atoms with E-state index in [-0.39, 0.29) is 17.7 Å². The maximum absolute atomic E-state index is 13.8. The molecule has 154 valence electrons. The molecule has 1 aromatic carbocycles. The molecule has 3 aliphatic carbocycles. The average Bonchev–Trinajstić information content (AvgIpc) is 3.29. The molecule has 1 N–H and O–H groups in total. The first kappa shape index (κ1) is 18.9. The molecule has 2 bridgehead atoms. The molecule has 3 aliphatic rings. The van der Waals surface area contributed by atoms with Crippen LogP contribution >= 0.6 is 0 Å². The summed E-state index contributed by atoms with van der Waals surface area (Å²) in [5.74, 6) is 1.87. The topological polar surface area (TPSA) is 85.6 Å². The highest BCUT2D eigenvalue weighted by Crippen LogP contribution is 2.47. The van der Waals surface area contributed by atoms with E-state index >= 15 is 0 Å². The fourth-order valence-corrected chi connectivity index (χ4v) is 5.29. The number of nitrogens with one attached hydrogen (secondary N) is 1. The third kappa shape index (κ3) is 3.38. The highest BCUT2D eigenvalue weighted by molar-refractivity contribution is 6.01. The van der Waals surface area contributed by atoms with E-state index in [2.05, 4.69) is 25.5 Å². The Morgan fingerprint density at radius 1 is 1.07 bits per heavy atom. The fourth-order valence-electron chi connectivity index (χ4n) is 5.29. The molecule has 6 rings (SSSR count). The second-order valence-corrected chi connectivity index (χ2v) is 8.63. The molecule has 7 heteroatoms. The zero-order chi connectivity index (χ0) is 20.7. The van der Waals surface area contributed by atoms with Crippen molar-refractivity contribution in [3.8, 4) is 5.69 Å². The molecule has 3 fully saturated rings. The smallest absolute Gasteiger partial charge is 0.168 e. The lowest BCUT2D eigenvalue weighted by Crippen LogP contribution is -2.48. The first-order chi connectivity index (χ1) is 14.6. The van der Waals surface area contributed by atoms with E-state index in [1.165, 1.54) is 6.42 Å². The number of fused-ring (bicyclic) bond motifs is 3. The molecule has 2 aromatic heterocycles. The molecule has 4 atom stereocenters. The Morgan fingerprint density at radius 2 is 1.90 bits per heavy atom. The number of aromatic nitrogens is 5. The van der Waals surface area contributed by atoms with E-state index in [0.717, 1.165) is 47.6 Å². The maximum atomic E-state index is 13.8. The van der Waals surface area contributed by atoms with Gasteiger partial charge in [0, 0.05) is 17.5 Å². The van der Waals surface area contributed by atoms with Crippen LogP contribution in [0.1, 0.15) is 47.3 Å². The van der Waals surface area contributed by atoms with Crippen LogP contribution in [0.5, 0.6) is 0 Å². The van der Waals surface area contributed by atoms with Gasteiger partial charge in [-0.15, -0.1) is 0 Å². The van der Waals surface area contributed by atoms with Crippen LogP contribution in [0.15, 0.2) is 43.0 Å². The van der Waals surface area contributed by atoms with Crippen molar-refractivity contribution < 1.29 is 4.79 Å². The van der Waals surface area contributed by atoms with Gasteiger partial charge in [0.15, 0.2) is 5.78 Å². The van der Waals surface area contributed by atoms with Gasteiger partial charge < -0.3 is 5.32 Å². The van der Waals surface area contributed by atoms with Crippen LogP contribution in [-0.4, -0.2) is 36.8 Å². The normalized spacial score (nSPS) is 25.3. The number of nitrogens with zero attached hydrogens (tertiary/aromatic N) is 5. The van der Waals surface area contributed by atoms with Gasteiger partial charge in [0.05, 0.1) is 36.2 Å². The second kappa shape index (κ2) is 7.63. The first-order valence-corrected chi connectivity index (χ1v) is 10.7. The third-order valence-electron chi connectivity index (χ3n) is 6.69. The Morgan fingerprint density at radius 3 is 2.63 bits per heavy atom. The predicted molar refractivity (Wildman–Crippen MR) is 114 cm³/mol. The van der Waals surface area contributed by atoms with Gasteiger partial charge in [-0.1, -0.05) is 12.1 Å². The second-order valence-electron chi connectivity index (χ2n) is 8.63. The highest BCUT2D eigenvalue weighted by Gasteiger charge is 2.45. The summed E-state index contributed by atoms with van der Waals surface area (Å²) in [7, 11) is 0. The zero-order valence-electron chi connectivity index (χ0n) is 17.3. The summed E-state index contributed by atoms with van der Waals surface area (Å²) in [5.41, 5.74) is 3.42. The molecule has 2 heterocycles. The van der Waals surface area contributed by atoms with Crippen molar-refractivity contribution >= 4 is 11.6 Å². The molecule has 0 saturated heterocycles. The van der Waals surface area contributed by atoms with Gasteiger partial charge in [0.1, 0.15) is 5.82 Å². The lowest BCUT2D eigenvalue weighted by Gasteiger charge is -2.47. The molecule has 30 heavy (non-hydrogen) atoms. The summed E-state index contributed by atoms with van der Waals surface area (Å²) >= 11 is 0. The number of para-hydroxylation sites is 1. The minimum absolute atomic E-state index is 0.00418. The van der Waals surface area contributed by atoms with Crippen molar-refractivity contribution in [2.75, 3.05) is 5.32 Å². The summed E-state index contributed by atoms with van der Waals surface area (Å²) in [4.78, 5) is 24.2. The number of ketones is 1. The molecule has 0 radical (unpaired) electrons. The van der Waals surface area contributed by atoms with Crippen molar-refractivity contribution in [3.05, 3.63) is 59.8 Å². The minimum atomic E-state index is 0.00418. The average molecular weight is 403 g/mol. The molecular formula is C23H26N6O. The van der Waals surface area contributed by atoms with Crippen LogP contribution in [-0.2, 0) is 0 Å². The summed E-state index contributed by atoms with van der Waals surface area (Å²) in [6, 6.07) is 6.13. The number of carbonyl (C=O) groups excluding carboxylic acids is 1. The number of rotatable bonds is 5. The van der Waals surface area contributed by atoms with Crippen molar-refractivity contribution in [1.82, 2.24) is 25.0 Å². The van der Waals surface area contributed by atoms with Gasteiger partial charge in [-0.3, -0.25) is 9.78 Å². The highest BCUT2D eigenvalue weighted by atomic mass is 16.1. The molecule has 3 saturated carbocycles. The number of aryl methyl sites for hydroxylation is 2. The summed E-state index contributed by atoms with van der Waals surface area (Å²) in [6.45, 7) is 3.94. The van der Waals surface area contributed by atoms with Gasteiger partial charge >= 0.3 is 0 Å². The van der Waals surface area contributed by atoms with Gasteiger partial charge in [-0.2, -0.15) is 15.0 Å². The number of Topliss-reactive ketones (excluding diaryl/α,β-unsaturated/α-hetero) is 1. The van der Waals surface area contributed by atoms with Crippen LogP contribution in [0.2, 0.25) is 0 Å². The Hall–Kier alpha value is -3.09. The van der Waals surface area contributed by atoms with E-state index in [1.807, 2.05) is 32.0 Å². The minimum Gasteiger partial charge on any atom is -0.366 e. The van der Waals surface area contributed by atoms with Gasteiger partial charge in [-0.25, -0.2) is 4.98 Å². The number of carbonyl (C=O) groups is 1. The number of hydrogen-bond donors (Lipinski definition) is 1. The summed E-state index contributed by atoms with van der Waals surface area (Å²) in [5, 5.41) is 12.1. The predicted octanol–water partition coefficient (Wildman–Crippen LogP) is 3.77. The van der Waals surface area contributed by atoms with Crippen LogP contribution in [0.4, 0.5) is 5.82 Å². The Balaban J connectivity index is 1.44. The molecule has 7 nitrogen and oxygen atoms in total. The molecule has 0 spiro atoms. The molecular weight excluding hydrogens is 376 g/mol. The SMILES string of the molecule is Cc1cnc(NC2CC3CCC2C(C(=O)c2cccc(C)c2-n2nccn2)C3)cn1. The van der Waals surface area contributed by atoms with Gasteiger partial charge in [0.25, 0.3) is 0 Å². The molecule has 0 aliphatic heterocycles. The van der Waals surface area contributed by atoms with Gasteiger partial charge in [0.2, 0.25) is 0 Å². The summed E-state index contributed by atoms with van der Waals surface area (Å²) in [6.07, 6.45) is 11.2. The molecule has 3 aromatic rings. The van der Waals surface area contributed by atoms with Crippen molar-refractivity contribution in [1.29, 1.82) is 0 Å². The zero-order valence-corrected chi connectivity index (χ0v) is 17.3. The third-order valence-corrected chi connectivity index (χ3v) is 6.69. The fraction of sp³-hybridized carbons (Fsp3) is 0.435. The maximum Gasteiger partial charge on any atom is 0.168 e.